The number of carbonyl (C=O) groups is 1. The topological polar surface area (TPSA) is 66.2 Å². The summed E-state index contributed by atoms with van der Waals surface area (Å²) in [7, 11) is 1.85. The van der Waals surface area contributed by atoms with Gasteiger partial charge in [0.15, 0.2) is 0 Å². The highest BCUT2D eigenvalue weighted by Crippen LogP contribution is 2.12. The summed E-state index contributed by atoms with van der Waals surface area (Å²) in [5.41, 5.74) is 1.33. The summed E-state index contributed by atoms with van der Waals surface area (Å²) in [6.07, 6.45) is 1.70. The Kier molecular flexibility index (Phi) is 5.95. The van der Waals surface area contributed by atoms with Crippen LogP contribution in [0.4, 0.5) is 5.82 Å². The van der Waals surface area contributed by atoms with Gasteiger partial charge in [0.1, 0.15) is 18.5 Å². The highest BCUT2D eigenvalue weighted by molar-refractivity contribution is 6.30. The molecule has 0 spiro atoms. The van der Waals surface area contributed by atoms with Crippen LogP contribution >= 0.6 is 11.6 Å². The molecule has 0 amide bonds. The van der Waals surface area contributed by atoms with Crippen molar-refractivity contribution in [1.29, 1.82) is 5.26 Å². The molecule has 118 valence electrons. The Hall–Kier alpha value is -2.58. The normalized spacial score (nSPS) is 9.96. The summed E-state index contributed by atoms with van der Waals surface area (Å²) in [5.74, 6) is 0.420. The number of benzene rings is 1. The first-order valence-electron chi connectivity index (χ1n) is 7.06. The molecule has 0 bridgehead atoms. The van der Waals surface area contributed by atoms with E-state index in [1.165, 1.54) is 6.20 Å². The molecule has 0 fully saturated rings. The Balaban J connectivity index is 1.77. The van der Waals surface area contributed by atoms with E-state index in [9.17, 15) is 4.79 Å². The van der Waals surface area contributed by atoms with Crippen molar-refractivity contribution < 1.29 is 9.53 Å². The molecule has 1 aromatic carbocycles. The third-order valence-corrected chi connectivity index (χ3v) is 3.43. The first-order chi connectivity index (χ1) is 11.1. The van der Waals surface area contributed by atoms with Gasteiger partial charge >= 0.3 is 5.97 Å². The van der Waals surface area contributed by atoms with E-state index < -0.39 is 0 Å². The molecule has 0 radical (unpaired) electrons. The van der Waals surface area contributed by atoms with E-state index in [1.807, 2.05) is 24.1 Å². The van der Waals surface area contributed by atoms with Gasteiger partial charge in [-0.3, -0.25) is 4.79 Å². The number of nitriles is 1. The fourth-order valence-corrected chi connectivity index (χ4v) is 2.17. The number of likely N-dealkylation sites (N-methyl/N-ethyl adjacent to an activating group) is 1. The average Bonchev–Trinajstić information content (AvgIpc) is 2.55. The number of esters is 1. The van der Waals surface area contributed by atoms with E-state index in [0.29, 0.717) is 17.1 Å². The number of hydrogen-bond acceptors (Lipinski definition) is 5. The Labute approximate surface area is 140 Å². The monoisotopic (exact) mass is 329 g/mol. The third-order valence-electron chi connectivity index (χ3n) is 3.20. The Morgan fingerprint density at radius 2 is 2.22 bits per heavy atom. The van der Waals surface area contributed by atoms with Crippen molar-refractivity contribution in [1.82, 2.24) is 4.98 Å². The predicted molar refractivity (Wildman–Crippen MR) is 88.3 cm³/mol. The molecule has 2 rings (SSSR count). The molecule has 0 atom stereocenters. The summed E-state index contributed by atoms with van der Waals surface area (Å²) >= 11 is 5.88. The van der Waals surface area contributed by atoms with Crippen LogP contribution in [-0.2, 0) is 16.0 Å². The molecule has 1 heterocycles. The van der Waals surface area contributed by atoms with E-state index in [4.69, 9.17) is 21.6 Å². The molecule has 1 aromatic heterocycles. The lowest BCUT2D eigenvalue weighted by Crippen LogP contribution is -2.25. The minimum Gasteiger partial charge on any atom is -0.464 e. The zero-order chi connectivity index (χ0) is 16.7. The summed E-state index contributed by atoms with van der Waals surface area (Å²) in [6, 6.07) is 12.6. The van der Waals surface area contributed by atoms with Gasteiger partial charge in [-0.05, 0) is 29.8 Å². The van der Waals surface area contributed by atoms with Crippen molar-refractivity contribution in [2.75, 3.05) is 25.1 Å². The van der Waals surface area contributed by atoms with Gasteiger partial charge in [-0.1, -0.05) is 23.7 Å². The second-order valence-corrected chi connectivity index (χ2v) is 5.40. The number of aromatic nitrogens is 1. The highest BCUT2D eigenvalue weighted by Gasteiger charge is 2.07. The predicted octanol–water partition coefficient (Wildman–Crippen LogP) is 2.83. The van der Waals surface area contributed by atoms with E-state index >= 15 is 0 Å². The molecular weight excluding hydrogens is 314 g/mol. The zero-order valence-electron chi connectivity index (χ0n) is 12.7. The van der Waals surface area contributed by atoms with Crippen LogP contribution in [0.25, 0.3) is 0 Å². The number of rotatable bonds is 6. The van der Waals surface area contributed by atoms with Gasteiger partial charge < -0.3 is 9.64 Å². The second-order valence-electron chi connectivity index (χ2n) is 4.97. The van der Waals surface area contributed by atoms with Crippen LogP contribution in [0.2, 0.25) is 5.02 Å². The standard InChI is InChI=1S/C17H16ClN3O2/c1-21(16-6-5-14(11-19)12-20-16)7-8-23-17(22)10-13-3-2-4-15(18)9-13/h2-6,9,12H,7-8,10H2,1H3. The van der Waals surface area contributed by atoms with Crippen molar-refractivity contribution in [3.8, 4) is 6.07 Å². The molecular formula is C17H16ClN3O2. The average molecular weight is 330 g/mol. The summed E-state index contributed by atoms with van der Waals surface area (Å²) in [6.45, 7) is 0.776. The van der Waals surface area contributed by atoms with Gasteiger partial charge in [0.2, 0.25) is 0 Å². The lowest BCUT2D eigenvalue weighted by molar-refractivity contribution is -0.142. The summed E-state index contributed by atoms with van der Waals surface area (Å²) < 4.78 is 5.22. The zero-order valence-corrected chi connectivity index (χ0v) is 13.5. The quantitative estimate of drug-likeness (QED) is 0.762. The first kappa shape index (κ1) is 16.8. The van der Waals surface area contributed by atoms with Crippen molar-refractivity contribution in [3.63, 3.8) is 0 Å². The molecule has 5 nitrogen and oxygen atoms in total. The van der Waals surface area contributed by atoms with E-state index in [0.717, 1.165) is 11.4 Å². The molecule has 0 saturated heterocycles. The fourth-order valence-electron chi connectivity index (χ4n) is 1.95. The van der Waals surface area contributed by atoms with E-state index in [-0.39, 0.29) is 19.0 Å². The molecule has 0 saturated carbocycles. The Morgan fingerprint density at radius 3 is 2.87 bits per heavy atom. The minimum absolute atomic E-state index is 0.194. The highest BCUT2D eigenvalue weighted by atomic mass is 35.5. The minimum atomic E-state index is -0.298. The molecule has 0 aliphatic rings. The van der Waals surface area contributed by atoms with Gasteiger partial charge in [-0.2, -0.15) is 5.26 Å². The number of halogens is 1. The summed E-state index contributed by atoms with van der Waals surface area (Å²) in [4.78, 5) is 17.8. The van der Waals surface area contributed by atoms with Gasteiger partial charge in [0.25, 0.3) is 0 Å². The van der Waals surface area contributed by atoms with Gasteiger partial charge in [0, 0.05) is 18.3 Å². The molecule has 0 N–H and O–H groups in total. The Morgan fingerprint density at radius 1 is 1.39 bits per heavy atom. The third kappa shape index (κ3) is 5.28. The number of carbonyl (C=O) groups excluding carboxylic acids is 1. The molecule has 2 aromatic rings. The van der Waals surface area contributed by atoms with E-state index in [1.54, 1.807) is 30.3 Å². The number of anilines is 1. The van der Waals surface area contributed by atoms with Crippen molar-refractivity contribution in [3.05, 3.63) is 58.7 Å². The number of nitrogens with zero attached hydrogens (tertiary/aromatic N) is 3. The molecule has 23 heavy (non-hydrogen) atoms. The largest absolute Gasteiger partial charge is 0.464 e. The van der Waals surface area contributed by atoms with Crippen LogP contribution in [0.3, 0.4) is 0 Å². The lowest BCUT2D eigenvalue weighted by atomic mass is 10.1. The number of pyridine rings is 1. The molecule has 0 aliphatic carbocycles. The Bertz CT molecular complexity index is 711. The fraction of sp³-hybridized carbons (Fsp3) is 0.235. The van der Waals surface area contributed by atoms with Crippen LogP contribution < -0.4 is 4.90 Å². The van der Waals surface area contributed by atoms with Crippen LogP contribution in [0.5, 0.6) is 0 Å². The SMILES string of the molecule is CN(CCOC(=O)Cc1cccc(Cl)c1)c1ccc(C#N)cn1. The van der Waals surface area contributed by atoms with Gasteiger partial charge in [-0.25, -0.2) is 4.98 Å². The smallest absolute Gasteiger partial charge is 0.310 e. The number of hydrogen-bond donors (Lipinski definition) is 0. The molecule has 0 aliphatic heterocycles. The van der Waals surface area contributed by atoms with Crippen LogP contribution in [-0.4, -0.2) is 31.2 Å². The van der Waals surface area contributed by atoms with Gasteiger partial charge in [-0.15, -0.1) is 0 Å². The lowest BCUT2D eigenvalue weighted by Gasteiger charge is -2.17. The first-order valence-corrected chi connectivity index (χ1v) is 7.43. The second kappa shape index (κ2) is 8.16. The maximum Gasteiger partial charge on any atom is 0.310 e. The molecule has 0 unspecified atom stereocenters. The molecule has 6 heteroatoms. The maximum absolute atomic E-state index is 11.8. The van der Waals surface area contributed by atoms with Gasteiger partial charge in [0.05, 0.1) is 18.5 Å². The maximum atomic E-state index is 11.8. The van der Waals surface area contributed by atoms with Crippen molar-refractivity contribution in [2.24, 2.45) is 0 Å². The van der Waals surface area contributed by atoms with Crippen LogP contribution in [0.15, 0.2) is 42.6 Å². The summed E-state index contributed by atoms with van der Waals surface area (Å²) in [5, 5.41) is 9.34. The van der Waals surface area contributed by atoms with E-state index in [2.05, 4.69) is 4.98 Å². The van der Waals surface area contributed by atoms with Crippen LogP contribution in [0, 0.1) is 11.3 Å². The van der Waals surface area contributed by atoms with Crippen molar-refractivity contribution in [2.45, 2.75) is 6.42 Å². The number of ether oxygens (including phenoxy) is 1. The van der Waals surface area contributed by atoms with Crippen molar-refractivity contribution >= 4 is 23.4 Å². The van der Waals surface area contributed by atoms with Crippen LogP contribution in [0.1, 0.15) is 11.1 Å².